The predicted molar refractivity (Wildman–Crippen MR) is 77.1 cm³/mol. The molecule has 0 heterocycles. The maximum atomic E-state index is 14.0. The van der Waals surface area contributed by atoms with Crippen LogP contribution in [0.25, 0.3) is 0 Å². The fraction of sp³-hybridized carbons (Fsp3) is 0.364. The Kier molecular flexibility index (Phi) is 5.85. The first-order valence-corrected chi connectivity index (χ1v) is 9.08. The predicted octanol–water partition coefficient (Wildman–Crippen LogP) is 1.22. The van der Waals surface area contributed by atoms with Gasteiger partial charge in [0.25, 0.3) is 0 Å². The summed E-state index contributed by atoms with van der Waals surface area (Å²) in [6, 6.07) is 1.64. The Bertz CT molecular complexity index is 692. The number of carboxylic acids is 1. The number of halogens is 2. The molecule has 10 heteroatoms. The summed E-state index contributed by atoms with van der Waals surface area (Å²) in [7, 11) is -5.57. The minimum Gasteiger partial charge on any atom is -0.478 e. The summed E-state index contributed by atoms with van der Waals surface area (Å²) in [5.41, 5.74) is -0.838. The largest absolute Gasteiger partial charge is 0.478 e. The van der Waals surface area contributed by atoms with E-state index in [1.54, 1.807) is 6.92 Å². The van der Waals surface area contributed by atoms with E-state index >= 15 is 0 Å². The molecule has 2 atom stereocenters. The molecule has 1 rings (SSSR count). The van der Waals surface area contributed by atoms with Crippen molar-refractivity contribution in [3.05, 3.63) is 28.5 Å². The van der Waals surface area contributed by atoms with Crippen molar-refractivity contribution in [3.8, 4) is 0 Å². The lowest BCUT2D eigenvalue weighted by Crippen LogP contribution is -2.33. The minimum atomic E-state index is -4.31. The van der Waals surface area contributed by atoms with Crippen molar-refractivity contribution in [2.24, 2.45) is 0 Å². The molecule has 2 unspecified atom stereocenters. The molecule has 0 fully saturated rings. The Morgan fingerprint density at radius 1 is 1.52 bits per heavy atom. The lowest BCUT2D eigenvalue weighted by Gasteiger charge is -2.12. The molecule has 0 aliphatic heterocycles. The van der Waals surface area contributed by atoms with Gasteiger partial charge in [-0.1, -0.05) is 11.6 Å². The van der Waals surface area contributed by atoms with Crippen molar-refractivity contribution < 1.29 is 26.9 Å². The van der Waals surface area contributed by atoms with Gasteiger partial charge in [0.15, 0.2) is 5.82 Å². The third kappa shape index (κ3) is 4.47. The number of rotatable bonds is 6. The molecule has 0 saturated carbocycles. The second kappa shape index (κ2) is 6.82. The number of hydrogen-bond donors (Lipinski definition) is 2. The van der Waals surface area contributed by atoms with Crippen LogP contribution in [0.5, 0.6) is 0 Å². The van der Waals surface area contributed by atoms with Crippen molar-refractivity contribution in [2.45, 2.75) is 17.1 Å². The monoisotopic (exact) mass is 357 g/mol. The first-order chi connectivity index (χ1) is 9.56. The van der Waals surface area contributed by atoms with Crippen LogP contribution in [0.3, 0.4) is 0 Å². The van der Waals surface area contributed by atoms with E-state index in [0.717, 1.165) is 12.1 Å². The third-order valence-corrected chi connectivity index (χ3v) is 5.59. The van der Waals surface area contributed by atoms with E-state index in [1.807, 2.05) is 0 Å². The molecule has 21 heavy (non-hydrogen) atoms. The van der Waals surface area contributed by atoms with E-state index in [-0.39, 0.29) is 11.6 Å². The molecule has 0 saturated heterocycles. The maximum Gasteiger partial charge on any atom is 0.338 e. The molecule has 0 aliphatic carbocycles. The fourth-order valence-electron chi connectivity index (χ4n) is 1.34. The normalized spacial score (nSPS) is 14.7. The van der Waals surface area contributed by atoms with Crippen molar-refractivity contribution in [3.63, 3.8) is 0 Å². The Morgan fingerprint density at radius 3 is 2.57 bits per heavy atom. The van der Waals surface area contributed by atoms with E-state index in [0.29, 0.717) is 0 Å². The van der Waals surface area contributed by atoms with Gasteiger partial charge in [0.1, 0.15) is 4.90 Å². The molecule has 1 aromatic rings. The van der Waals surface area contributed by atoms with Gasteiger partial charge in [0, 0.05) is 33.9 Å². The zero-order valence-corrected chi connectivity index (χ0v) is 13.5. The van der Waals surface area contributed by atoms with Gasteiger partial charge in [-0.25, -0.2) is 22.3 Å². The first-order valence-electron chi connectivity index (χ1n) is 5.60. The smallest absolute Gasteiger partial charge is 0.338 e. The van der Waals surface area contributed by atoms with Gasteiger partial charge in [-0.15, -0.1) is 0 Å². The molecule has 0 bridgehead atoms. The summed E-state index contributed by atoms with van der Waals surface area (Å²) < 4.78 is 51.2. The van der Waals surface area contributed by atoms with E-state index in [4.69, 9.17) is 16.7 Å². The van der Waals surface area contributed by atoms with Crippen LogP contribution < -0.4 is 4.72 Å². The van der Waals surface area contributed by atoms with Gasteiger partial charge in [0.05, 0.1) is 5.56 Å². The minimum absolute atomic E-state index is 0.181. The standard InChI is InChI=1S/C11H13ClFNO5S2/c1-6(20(2)17)5-14-21(18,19)9-4-7(12)3-8(10(9)13)11(15)16/h3-4,6,14H,5H2,1-2H3,(H,15,16). The molecule has 0 radical (unpaired) electrons. The van der Waals surface area contributed by atoms with Crippen LogP contribution in [-0.4, -0.2) is 41.8 Å². The highest BCUT2D eigenvalue weighted by atomic mass is 35.5. The quantitative estimate of drug-likeness (QED) is 0.797. The number of carbonyl (C=O) groups is 1. The molecule has 6 nitrogen and oxygen atoms in total. The van der Waals surface area contributed by atoms with Crippen molar-refractivity contribution in [2.75, 3.05) is 12.8 Å². The van der Waals surface area contributed by atoms with Crippen LogP contribution >= 0.6 is 11.6 Å². The summed E-state index contributed by atoms with van der Waals surface area (Å²) in [6.45, 7) is 1.37. The number of hydrogen-bond acceptors (Lipinski definition) is 4. The molecular formula is C11H13ClFNO5S2. The highest BCUT2D eigenvalue weighted by Gasteiger charge is 2.25. The van der Waals surface area contributed by atoms with Crippen LogP contribution in [0.4, 0.5) is 4.39 Å². The highest BCUT2D eigenvalue weighted by molar-refractivity contribution is 7.89. The van der Waals surface area contributed by atoms with Crippen LogP contribution in [0.2, 0.25) is 5.02 Å². The lowest BCUT2D eigenvalue weighted by atomic mass is 10.2. The maximum absolute atomic E-state index is 14.0. The fourth-order valence-corrected chi connectivity index (χ4v) is 3.30. The van der Waals surface area contributed by atoms with Gasteiger partial charge in [0.2, 0.25) is 10.0 Å². The van der Waals surface area contributed by atoms with E-state index in [1.165, 1.54) is 6.26 Å². The molecule has 0 spiro atoms. The van der Waals surface area contributed by atoms with Crippen LogP contribution in [0, 0.1) is 5.82 Å². The van der Waals surface area contributed by atoms with Crippen molar-refractivity contribution in [1.29, 1.82) is 0 Å². The topological polar surface area (TPSA) is 101 Å². The second-order valence-corrected chi connectivity index (χ2v) is 8.21. The van der Waals surface area contributed by atoms with Crippen LogP contribution in [0.15, 0.2) is 17.0 Å². The van der Waals surface area contributed by atoms with Gasteiger partial charge < -0.3 is 5.11 Å². The van der Waals surface area contributed by atoms with Crippen molar-refractivity contribution >= 4 is 38.4 Å². The number of aromatic carboxylic acids is 1. The first kappa shape index (κ1) is 18.0. The molecule has 2 N–H and O–H groups in total. The summed E-state index contributed by atoms with van der Waals surface area (Å²) >= 11 is 5.61. The van der Waals surface area contributed by atoms with Crippen molar-refractivity contribution in [1.82, 2.24) is 4.72 Å². The molecule has 0 amide bonds. The molecule has 0 aromatic heterocycles. The van der Waals surface area contributed by atoms with E-state index in [2.05, 4.69) is 4.72 Å². The highest BCUT2D eigenvalue weighted by Crippen LogP contribution is 2.23. The molecular weight excluding hydrogens is 345 g/mol. The van der Waals surface area contributed by atoms with Gasteiger partial charge in [-0.2, -0.15) is 0 Å². The Labute approximate surface area is 128 Å². The summed E-state index contributed by atoms with van der Waals surface area (Å²) in [5, 5.41) is 8.11. The number of nitrogens with one attached hydrogen (secondary N) is 1. The molecule has 118 valence electrons. The summed E-state index contributed by atoms with van der Waals surface area (Å²) in [5.74, 6) is -3.03. The van der Waals surface area contributed by atoms with Gasteiger partial charge in [-0.3, -0.25) is 4.21 Å². The van der Waals surface area contributed by atoms with Crippen LogP contribution in [0.1, 0.15) is 17.3 Å². The third-order valence-electron chi connectivity index (χ3n) is 2.65. The average Bonchev–Trinajstić information content (AvgIpc) is 2.37. The van der Waals surface area contributed by atoms with E-state index < -0.39 is 48.3 Å². The lowest BCUT2D eigenvalue weighted by molar-refractivity contribution is 0.0691. The van der Waals surface area contributed by atoms with Crippen LogP contribution in [-0.2, 0) is 20.8 Å². The Hall–Kier alpha value is -1.03. The SMILES string of the molecule is CC(CNS(=O)(=O)c1cc(Cl)cc(C(=O)O)c1F)S(C)=O. The summed E-state index contributed by atoms with van der Waals surface area (Å²) in [4.78, 5) is 9.99. The summed E-state index contributed by atoms with van der Waals surface area (Å²) in [6.07, 6.45) is 1.40. The zero-order chi connectivity index (χ0) is 16.4. The molecule has 1 aromatic carbocycles. The number of benzene rings is 1. The van der Waals surface area contributed by atoms with E-state index in [9.17, 15) is 21.8 Å². The Balaban J connectivity index is 3.20. The number of sulfonamides is 1. The molecule has 0 aliphatic rings. The van der Waals surface area contributed by atoms with Gasteiger partial charge in [-0.05, 0) is 19.1 Å². The zero-order valence-electron chi connectivity index (χ0n) is 11.1. The number of carboxylic acid groups (broad SMARTS) is 1. The second-order valence-electron chi connectivity index (χ2n) is 4.23. The Morgan fingerprint density at radius 2 is 2.10 bits per heavy atom. The van der Waals surface area contributed by atoms with Gasteiger partial charge >= 0.3 is 5.97 Å². The average molecular weight is 358 g/mol.